The zero-order valence-corrected chi connectivity index (χ0v) is 6.39. The number of nitrogens with zero attached hydrogens (tertiary/aromatic N) is 5. The van der Waals surface area contributed by atoms with Gasteiger partial charge in [-0.05, 0) is 29.0 Å². The molecule has 2 aromatic rings. The first kappa shape index (κ1) is 6.92. The fraction of sp³-hybridized carbons (Fsp3) is 0.200. The van der Waals surface area contributed by atoms with Crippen molar-refractivity contribution in [3.8, 4) is 0 Å². The molecule has 7 heteroatoms. The highest BCUT2D eigenvalue weighted by Crippen LogP contribution is 2.09. The summed E-state index contributed by atoms with van der Waals surface area (Å²) in [6.45, 7) is 1.87. The van der Waals surface area contributed by atoms with Crippen molar-refractivity contribution in [2.24, 2.45) is 5.84 Å². The van der Waals surface area contributed by atoms with E-state index in [0.29, 0.717) is 11.5 Å². The number of hydrogen-bond donors (Lipinski definition) is 2. The largest absolute Gasteiger partial charge is 0.307 e. The summed E-state index contributed by atoms with van der Waals surface area (Å²) in [5, 5.41) is 14.8. The van der Waals surface area contributed by atoms with Crippen LogP contribution in [0, 0.1) is 6.92 Å². The molecule has 0 saturated heterocycles. The van der Waals surface area contributed by atoms with E-state index in [2.05, 4.69) is 26.0 Å². The van der Waals surface area contributed by atoms with Gasteiger partial charge in [0.05, 0.1) is 0 Å². The number of hydrogen-bond acceptors (Lipinski definition) is 6. The van der Waals surface area contributed by atoms with Gasteiger partial charge in [-0.3, -0.25) is 0 Å². The molecule has 0 saturated carbocycles. The lowest BCUT2D eigenvalue weighted by Crippen LogP contribution is -2.12. The first-order valence-electron chi connectivity index (χ1n) is 3.34. The smallest absolute Gasteiger partial charge is 0.200 e. The lowest BCUT2D eigenvalue weighted by molar-refractivity contribution is 0.733. The Balaban J connectivity index is 2.73. The number of aryl methyl sites for hydroxylation is 1. The van der Waals surface area contributed by atoms with Gasteiger partial charge < -0.3 is 5.43 Å². The Hall–Kier alpha value is -1.76. The van der Waals surface area contributed by atoms with E-state index >= 15 is 0 Å². The van der Waals surface area contributed by atoms with E-state index in [4.69, 9.17) is 5.84 Å². The first-order valence-corrected chi connectivity index (χ1v) is 3.34. The lowest BCUT2D eigenvalue weighted by Gasteiger charge is -2.01. The van der Waals surface area contributed by atoms with Gasteiger partial charge in [-0.2, -0.15) is 0 Å². The van der Waals surface area contributed by atoms with E-state index < -0.39 is 0 Å². The Bertz CT molecular complexity index is 405. The second-order valence-electron chi connectivity index (χ2n) is 2.35. The van der Waals surface area contributed by atoms with Crippen LogP contribution >= 0.6 is 0 Å². The number of nitrogen functional groups attached to an aromatic ring is 1. The van der Waals surface area contributed by atoms with Crippen molar-refractivity contribution in [1.29, 1.82) is 0 Å². The van der Waals surface area contributed by atoms with Crippen molar-refractivity contribution in [2.45, 2.75) is 6.92 Å². The maximum absolute atomic E-state index is 5.22. The number of aromatic nitrogens is 5. The number of nitrogens with one attached hydrogen (secondary N) is 1. The Morgan fingerprint density at radius 1 is 1.58 bits per heavy atom. The molecule has 0 aliphatic heterocycles. The second kappa shape index (κ2) is 2.38. The summed E-state index contributed by atoms with van der Waals surface area (Å²) in [6, 6.07) is 1.79. The quantitative estimate of drug-likeness (QED) is 0.420. The highest BCUT2D eigenvalue weighted by molar-refractivity contribution is 5.48. The average Bonchev–Trinajstić information content (AvgIpc) is 2.49. The molecule has 0 aliphatic carbocycles. The van der Waals surface area contributed by atoms with Crippen molar-refractivity contribution in [3.05, 3.63) is 11.6 Å². The molecule has 0 unspecified atom stereocenters. The normalized spacial score (nSPS) is 10.5. The molecule has 0 radical (unpaired) electrons. The van der Waals surface area contributed by atoms with E-state index in [1.807, 2.05) is 6.92 Å². The number of fused-ring (bicyclic) bond motifs is 1. The van der Waals surface area contributed by atoms with Crippen LogP contribution in [0.5, 0.6) is 0 Å². The molecule has 0 bridgehead atoms. The van der Waals surface area contributed by atoms with Gasteiger partial charge in [-0.15, -0.1) is 14.8 Å². The highest BCUT2D eigenvalue weighted by atomic mass is 15.6. The summed E-state index contributed by atoms with van der Waals surface area (Å²) >= 11 is 0. The van der Waals surface area contributed by atoms with Crippen LogP contribution in [0.3, 0.4) is 0 Å². The minimum atomic E-state index is 0.565. The lowest BCUT2D eigenvalue weighted by atomic mass is 10.3. The molecular formula is C5H7N7. The third-order valence-corrected chi connectivity index (χ3v) is 1.53. The topological polar surface area (TPSA) is 94.0 Å². The third-order valence-electron chi connectivity index (χ3n) is 1.53. The summed E-state index contributed by atoms with van der Waals surface area (Å²) in [5.74, 6) is 5.78. The van der Waals surface area contributed by atoms with Crippen LogP contribution in [0.4, 0.5) is 5.82 Å². The monoisotopic (exact) mass is 165 g/mol. The predicted molar refractivity (Wildman–Crippen MR) is 41.1 cm³/mol. The second-order valence-corrected chi connectivity index (χ2v) is 2.35. The Morgan fingerprint density at radius 3 is 3.17 bits per heavy atom. The summed E-state index contributed by atoms with van der Waals surface area (Å²) in [7, 11) is 0. The van der Waals surface area contributed by atoms with Crippen LogP contribution in [-0.4, -0.2) is 25.3 Å². The van der Waals surface area contributed by atoms with Crippen LogP contribution in [0.2, 0.25) is 0 Å². The number of anilines is 1. The molecule has 3 N–H and O–H groups in total. The van der Waals surface area contributed by atoms with E-state index in [1.165, 1.54) is 4.63 Å². The van der Waals surface area contributed by atoms with Gasteiger partial charge in [-0.25, -0.2) is 5.84 Å². The molecule has 0 aliphatic rings. The van der Waals surface area contributed by atoms with Gasteiger partial charge >= 0.3 is 0 Å². The molecule has 62 valence electrons. The van der Waals surface area contributed by atoms with Crippen LogP contribution in [-0.2, 0) is 0 Å². The minimum Gasteiger partial charge on any atom is -0.307 e. The number of hydrazine groups is 1. The van der Waals surface area contributed by atoms with Crippen molar-refractivity contribution in [1.82, 2.24) is 25.3 Å². The molecule has 2 aromatic heterocycles. The third kappa shape index (κ3) is 0.873. The minimum absolute atomic E-state index is 0.565. The van der Waals surface area contributed by atoms with Crippen molar-refractivity contribution in [2.75, 3.05) is 5.43 Å². The zero-order valence-electron chi connectivity index (χ0n) is 6.39. The van der Waals surface area contributed by atoms with Crippen LogP contribution in [0.25, 0.3) is 5.65 Å². The molecule has 2 heterocycles. The molecule has 0 atom stereocenters. The van der Waals surface area contributed by atoms with E-state index in [1.54, 1.807) is 6.07 Å². The molecule has 0 spiro atoms. The summed E-state index contributed by atoms with van der Waals surface area (Å²) in [5.41, 5.74) is 3.96. The zero-order chi connectivity index (χ0) is 8.55. The molecule has 0 amide bonds. The van der Waals surface area contributed by atoms with Gasteiger partial charge in [0.2, 0.25) is 0 Å². The number of rotatable bonds is 1. The SMILES string of the molecule is Cc1cc2nnnn2nc1NN. The molecule has 7 nitrogen and oxygen atoms in total. The fourth-order valence-corrected chi connectivity index (χ4v) is 0.926. The van der Waals surface area contributed by atoms with Gasteiger partial charge in [0.1, 0.15) is 0 Å². The standard InChI is InChI=1S/C5H7N7/c1-3-2-4-8-10-11-12(4)9-5(3)7-6/h2H,6H2,1H3,(H,7,9). The number of tetrazole rings is 1. The average molecular weight is 165 g/mol. The molecule has 2 rings (SSSR count). The Morgan fingerprint density at radius 2 is 2.42 bits per heavy atom. The van der Waals surface area contributed by atoms with E-state index in [0.717, 1.165) is 5.56 Å². The predicted octanol–water partition coefficient (Wildman–Crippen LogP) is -0.887. The van der Waals surface area contributed by atoms with Crippen LogP contribution in [0.15, 0.2) is 6.07 Å². The van der Waals surface area contributed by atoms with Crippen LogP contribution in [0.1, 0.15) is 5.56 Å². The van der Waals surface area contributed by atoms with E-state index in [9.17, 15) is 0 Å². The Labute approximate surface area is 67.5 Å². The van der Waals surface area contributed by atoms with Crippen molar-refractivity contribution in [3.63, 3.8) is 0 Å². The molecular weight excluding hydrogens is 158 g/mol. The maximum Gasteiger partial charge on any atom is 0.200 e. The highest BCUT2D eigenvalue weighted by Gasteiger charge is 2.02. The summed E-state index contributed by atoms with van der Waals surface area (Å²) < 4.78 is 1.31. The molecule has 0 aromatic carbocycles. The van der Waals surface area contributed by atoms with Gasteiger partial charge in [0.15, 0.2) is 11.5 Å². The molecule has 0 fully saturated rings. The fourth-order valence-electron chi connectivity index (χ4n) is 0.926. The van der Waals surface area contributed by atoms with Gasteiger partial charge in [0, 0.05) is 0 Å². The first-order chi connectivity index (χ1) is 5.81. The summed E-state index contributed by atoms with van der Waals surface area (Å²) in [6.07, 6.45) is 0. The number of nitrogens with two attached hydrogens (primary N) is 1. The van der Waals surface area contributed by atoms with Gasteiger partial charge in [-0.1, -0.05) is 0 Å². The maximum atomic E-state index is 5.22. The Kier molecular flexibility index (Phi) is 1.37. The molecule has 12 heavy (non-hydrogen) atoms. The summed E-state index contributed by atoms with van der Waals surface area (Å²) in [4.78, 5) is 0. The van der Waals surface area contributed by atoms with Gasteiger partial charge in [0.25, 0.3) is 0 Å². The van der Waals surface area contributed by atoms with Crippen LogP contribution < -0.4 is 11.3 Å². The van der Waals surface area contributed by atoms with E-state index in [-0.39, 0.29) is 0 Å². The van der Waals surface area contributed by atoms with Crippen molar-refractivity contribution < 1.29 is 0 Å². The van der Waals surface area contributed by atoms with Crippen molar-refractivity contribution >= 4 is 11.5 Å².